The molecule has 0 bridgehead atoms. The maximum absolute atomic E-state index is 11.6. The van der Waals surface area contributed by atoms with E-state index in [4.69, 9.17) is 23.2 Å². The van der Waals surface area contributed by atoms with Crippen LogP contribution in [-0.4, -0.2) is 10.2 Å². The van der Waals surface area contributed by atoms with Gasteiger partial charge in [-0.05, 0) is 31.0 Å². The summed E-state index contributed by atoms with van der Waals surface area (Å²) >= 11 is 11.6. The summed E-state index contributed by atoms with van der Waals surface area (Å²) in [5, 5.41) is 2.79. The van der Waals surface area contributed by atoms with Crippen molar-refractivity contribution in [3.8, 4) is 0 Å². The van der Waals surface area contributed by atoms with Gasteiger partial charge in [0.1, 0.15) is 4.33 Å². The second kappa shape index (κ2) is 3.69. The van der Waals surface area contributed by atoms with E-state index in [2.05, 4.69) is 5.32 Å². The molecule has 1 N–H and O–H groups in total. The summed E-state index contributed by atoms with van der Waals surface area (Å²) in [5.41, 5.74) is 1.89. The number of nitrogens with one attached hydrogen (secondary N) is 1. The summed E-state index contributed by atoms with van der Waals surface area (Å²) < 4.78 is -0.853. The second-order valence-corrected chi connectivity index (χ2v) is 5.42. The third-order valence-corrected chi connectivity index (χ3v) is 3.26. The lowest BCUT2D eigenvalue weighted by molar-refractivity contribution is -0.117. The molecule has 1 fully saturated rings. The zero-order valence-electron chi connectivity index (χ0n) is 8.26. The molecule has 1 atom stereocenters. The van der Waals surface area contributed by atoms with E-state index in [9.17, 15) is 4.79 Å². The fourth-order valence-electron chi connectivity index (χ4n) is 1.45. The van der Waals surface area contributed by atoms with E-state index in [0.717, 1.165) is 11.3 Å². The largest absolute Gasteiger partial charge is 0.326 e. The SMILES string of the molecule is Cc1cccc(NC(=O)C2CC2(Cl)Cl)c1. The summed E-state index contributed by atoms with van der Waals surface area (Å²) in [6, 6.07) is 7.62. The molecule has 0 aliphatic heterocycles. The average molecular weight is 244 g/mol. The van der Waals surface area contributed by atoms with Gasteiger partial charge in [-0.1, -0.05) is 12.1 Å². The first-order chi connectivity index (χ1) is 6.99. The molecule has 1 unspecified atom stereocenters. The number of carbonyl (C=O) groups is 1. The average Bonchev–Trinajstić information content (AvgIpc) is 2.75. The highest BCUT2D eigenvalue weighted by molar-refractivity contribution is 6.52. The van der Waals surface area contributed by atoms with Crippen LogP contribution in [-0.2, 0) is 4.79 Å². The number of aryl methyl sites for hydroxylation is 1. The molecule has 4 heteroatoms. The van der Waals surface area contributed by atoms with E-state index in [1.807, 2.05) is 31.2 Å². The first-order valence-corrected chi connectivity index (χ1v) is 5.50. The highest BCUT2D eigenvalue weighted by Gasteiger charge is 2.56. The zero-order valence-corrected chi connectivity index (χ0v) is 9.77. The zero-order chi connectivity index (χ0) is 11.1. The molecule has 0 saturated heterocycles. The number of alkyl halides is 2. The molecular weight excluding hydrogens is 233 g/mol. The lowest BCUT2D eigenvalue weighted by atomic mass is 10.2. The van der Waals surface area contributed by atoms with Gasteiger partial charge in [0.2, 0.25) is 5.91 Å². The molecule has 0 radical (unpaired) electrons. The second-order valence-electron chi connectivity index (χ2n) is 3.88. The number of hydrogen-bond donors (Lipinski definition) is 1. The van der Waals surface area contributed by atoms with Gasteiger partial charge in [-0.2, -0.15) is 0 Å². The molecule has 1 amide bonds. The van der Waals surface area contributed by atoms with Gasteiger partial charge < -0.3 is 5.32 Å². The standard InChI is InChI=1S/C11H11Cl2NO/c1-7-3-2-4-8(5-7)14-10(15)9-6-11(9,12)13/h2-5,9H,6H2,1H3,(H,14,15). The Morgan fingerprint density at radius 2 is 2.20 bits per heavy atom. The van der Waals surface area contributed by atoms with Gasteiger partial charge in [0, 0.05) is 5.69 Å². The predicted octanol–water partition coefficient (Wildman–Crippen LogP) is 3.13. The van der Waals surface area contributed by atoms with Crippen molar-refractivity contribution in [1.82, 2.24) is 0 Å². The van der Waals surface area contributed by atoms with Gasteiger partial charge in [0.05, 0.1) is 5.92 Å². The molecule has 1 saturated carbocycles. The summed E-state index contributed by atoms with van der Waals surface area (Å²) in [6.07, 6.45) is 0.535. The van der Waals surface area contributed by atoms with E-state index in [0.29, 0.717) is 6.42 Å². The Balaban J connectivity index is 2.01. The molecule has 2 nitrogen and oxygen atoms in total. The van der Waals surface area contributed by atoms with E-state index in [1.54, 1.807) is 0 Å². The molecule has 1 aliphatic carbocycles. The van der Waals surface area contributed by atoms with Crippen molar-refractivity contribution in [1.29, 1.82) is 0 Å². The van der Waals surface area contributed by atoms with Gasteiger partial charge in [-0.15, -0.1) is 23.2 Å². The van der Waals surface area contributed by atoms with Crippen molar-refractivity contribution in [2.45, 2.75) is 17.7 Å². The summed E-state index contributed by atoms with van der Waals surface area (Å²) in [4.78, 5) is 11.6. The molecule has 0 heterocycles. The fourth-order valence-corrected chi connectivity index (χ4v) is 1.96. The minimum Gasteiger partial charge on any atom is -0.326 e. The first kappa shape index (κ1) is 10.8. The van der Waals surface area contributed by atoms with Crippen molar-refractivity contribution in [3.05, 3.63) is 29.8 Å². The van der Waals surface area contributed by atoms with Crippen LogP contribution in [0.15, 0.2) is 24.3 Å². The molecule has 2 rings (SSSR count). The Labute approximate surface area is 98.6 Å². The van der Waals surface area contributed by atoms with Crippen LogP contribution in [0.2, 0.25) is 0 Å². The van der Waals surface area contributed by atoms with E-state index in [-0.39, 0.29) is 11.8 Å². The van der Waals surface area contributed by atoms with Crippen LogP contribution >= 0.6 is 23.2 Å². The molecular formula is C11H11Cl2NO. The number of benzene rings is 1. The number of amides is 1. The lowest BCUT2D eigenvalue weighted by Gasteiger charge is -2.05. The fraction of sp³-hybridized carbons (Fsp3) is 0.364. The quantitative estimate of drug-likeness (QED) is 0.795. The van der Waals surface area contributed by atoms with Crippen molar-refractivity contribution < 1.29 is 4.79 Å². The third kappa shape index (κ3) is 2.44. The predicted molar refractivity (Wildman–Crippen MR) is 62.4 cm³/mol. The van der Waals surface area contributed by atoms with E-state index >= 15 is 0 Å². The topological polar surface area (TPSA) is 29.1 Å². The highest BCUT2D eigenvalue weighted by Crippen LogP contribution is 2.53. The minimum absolute atomic E-state index is 0.106. The molecule has 0 spiro atoms. The molecule has 80 valence electrons. The third-order valence-electron chi connectivity index (χ3n) is 2.43. The maximum atomic E-state index is 11.6. The van der Waals surface area contributed by atoms with Crippen LogP contribution in [0.4, 0.5) is 5.69 Å². The van der Waals surface area contributed by atoms with Gasteiger partial charge in [0.25, 0.3) is 0 Å². The van der Waals surface area contributed by atoms with E-state index < -0.39 is 4.33 Å². The van der Waals surface area contributed by atoms with Gasteiger partial charge >= 0.3 is 0 Å². The molecule has 15 heavy (non-hydrogen) atoms. The Hall–Kier alpha value is -0.730. The number of anilines is 1. The smallest absolute Gasteiger partial charge is 0.230 e. The van der Waals surface area contributed by atoms with Crippen molar-refractivity contribution in [3.63, 3.8) is 0 Å². The van der Waals surface area contributed by atoms with Gasteiger partial charge in [0.15, 0.2) is 0 Å². The van der Waals surface area contributed by atoms with Crippen LogP contribution < -0.4 is 5.32 Å². The molecule has 1 aliphatic rings. The number of carbonyl (C=O) groups excluding carboxylic acids is 1. The first-order valence-electron chi connectivity index (χ1n) is 4.74. The Kier molecular flexibility index (Phi) is 2.65. The van der Waals surface area contributed by atoms with Gasteiger partial charge in [-0.25, -0.2) is 0 Å². The van der Waals surface area contributed by atoms with Crippen LogP contribution in [0.1, 0.15) is 12.0 Å². The van der Waals surface area contributed by atoms with Crippen LogP contribution in [0.3, 0.4) is 0 Å². The normalized spacial score (nSPS) is 22.2. The molecule has 1 aromatic rings. The van der Waals surface area contributed by atoms with Crippen molar-refractivity contribution in [2.24, 2.45) is 5.92 Å². The molecule has 0 aromatic heterocycles. The minimum atomic E-state index is -0.853. The van der Waals surface area contributed by atoms with Crippen molar-refractivity contribution in [2.75, 3.05) is 5.32 Å². The molecule has 1 aromatic carbocycles. The lowest BCUT2D eigenvalue weighted by Crippen LogP contribution is -2.16. The van der Waals surface area contributed by atoms with Gasteiger partial charge in [-0.3, -0.25) is 4.79 Å². The maximum Gasteiger partial charge on any atom is 0.230 e. The monoisotopic (exact) mass is 243 g/mol. The summed E-state index contributed by atoms with van der Waals surface area (Å²) in [5.74, 6) is -0.382. The Morgan fingerprint density at radius 3 is 2.73 bits per heavy atom. The Morgan fingerprint density at radius 1 is 1.53 bits per heavy atom. The number of halogens is 2. The number of rotatable bonds is 2. The van der Waals surface area contributed by atoms with Crippen LogP contribution in [0.25, 0.3) is 0 Å². The van der Waals surface area contributed by atoms with E-state index in [1.165, 1.54) is 0 Å². The van der Waals surface area contributed by atoms with Crippen molar-refractivity contribution >= 4 is 34.8 Å². The van der Waals surface area contributed by atoms with Crippen LogP contribution in [0, 0.1) is 12.8 Å². The Bertz CT molecular complexity index is 403. The highest BCUT2D eigenvalue weighted by atomic mass is 35.5. The van der Waals surface area contributed by atoms with Crippen LogP contribution in [0.5, 0.6) is 0 Å². The summed E-state index contributed by atoms with van der Waals surface area (Å²) in [6.45, 7) is 1.97. The summed E-state index contributed by atoms with van der Waals surface area (Å²) in [7, 11) is 0. The number of hydrogen-bond acceptors (Lipinski definition) is 1.